The van der Waals surface area contributed by atoms with Crippen LogP contribution in [0.5, 0.6) is 0 Å². The minimum absolute atomic E-state index is 0.160. The average molecular weight is 248 g/mol. The van der Waals surface area contributed by atoms with E-state index in [1.165, 1.54) is 5.56 Å². The Balaban J connectivity index is 2.21. The van der Waals surface area contributed by atoms with Gasteiger partial charge in [0.2, 0.25) is 5.89 Å². The molecular weight excluding hydrogens is 228 g/mol. The Hall–Kier alpha value is -1.39. The Morgan fingerprint density at radius 3 is 2.89 bits per heavy atom. The highest BCUT2D eigenvalue weighted by Crippen LogP contribution is 2.25. The third kappa shape index (κ3) is 2.71. The van der Waals surface area contributed by atoms with Gasteiger partial charge in [-0.15, -0.1) is 0 Å². The minimum atomic E-state index is -0.160. The van der Waals surface area contributed by atoms with Crippen molar-refractivity contribution >= 4 is 11.1 Å². The quantitative estimate of drug-likeness (QED) is 0.826. The fourth-order valence-corrected chi connectivity index (χ4v) is 2.12. The fourth-order valence-electron chi connectivity index (χ4n) is 2.12. The van der Waals surface area contributed by atoms with E-state index in [1.54, 1.807) is 7.11 Å². The number of oxazole rings is 1. The van der Waals surface area contributed by atoms with Crippen LogP contribution in [0.25, 0.3) is 11.1 Å². The SMILES string of the molecule is COCCCC(N)c1nc2cc(C)cc(C)c2o1. The maximum absolute atomic E-state index is 6.08. The van der Waals surface area contributed by atoms with E-state index in [4.69, 9.17) is 14.9 Å². The molecule has 0 amide bonds. The Morgan fingerprint density at radius 1 is 1.39 bits per heavy atom. The van der Waals surface area contributed by atoms with E-state index in [1.807, 2.05) is 13.0 Å². The fraction of sp³-hybridized carbons (Fsp3) is 0.500. The number of methoxy groups -OCH3 is 1. The van der Waals surface area contributed by atoms with Gasteiger partial charge in [-0.25, -0.2) is 4.98 Å². The van der Waals surface area contributed by atoms with Crippen LogP contribution in [0.15, 0.2) is 16.5 Å². The van der Waals surface area contributed by atoms with Gasteiger partial charge in [-0.05, 0) is 43.9 Å². The van der Waals surface area contributed by atoms with Crippen LogP contribution in [0, 0.1) is 13.8 Å². The van der Waals surface area contributed by atoms with E-state index in [0.717, 1.165) is 29.5 Å². The molecule has 18 heavy (non-hydrogen) atoms. The molecule has 1 unspecified atom stereocenters. The smallest absolute Gasteiger partial charge is 0.212 e. The molecule has 4 nitrogen and oxygen atoms in total. The second-order valence-electron chi connectivity index (χ2n) is 4.72. The number of ether oxygens (including phenoxy) is 1. The summed E-state index contributed by atoms with van der Waals surface area (Å²) in [6, 6.07) is 3.96. The van der Waals surface area contributed by atoms with E-state index < -0.39 is 0 Å². The van der Waals surface area contributed by atoms with E-state index in [9.17, 15) is 0 Å². The number of hydrogen-bond donors (Lipinski definition) is 1. The van der Waals surface area contributed by atoms with Gasteiger partial charge in [0.15, 0.2) is 5.58 Å². The Bertz CT molecular complexity index is 534. The first-order chi connectivity index (χ1) is 8.61. The van der Waals surface area contributed by atoms with Gasteiger partial charge in [0.25, 0.3) is 0 Å². The third-order valence-electron chi connectivity index (χ3n) is 3.02. The van der Waals surface area contributed by atoms with Crippen LogP contribution in [0.4, 0.5) is 0 Å². The molecule has 0 aliphatic rings. The van der Waals surface area contributed by atoms with Gasteiger partial charge in [-0.3, -0.25) is 0 Å². The Kier molecular flexibility index (Phi) is 3.99. The zero-order valence-corrected chi connectivity index (χ0v) is 11.2. The van der Waals surface area contributed by atoms with Crippen LogP contribution in [-0.2, 0) is 4.74 Å². The standard InChI is InChI=1S/C14H20N2O2/c1-9-7-10(2)13-12(8-9)16-14(18-13)11(15)5-4-6-17-3/h7-8,11H,4-6,15H2,1-3H3. The number of aromatic nitrogens is 1. The molecule has 98 valence electrons. The van der Waals surface area contributed by atoms with Crippen molar-refractivity contribution in [3.8, 4) is 0 Å². The predicted molar refractivity (Wildman–Crippen MR) is 71.5 cm³/mol. The summed E-state index contributed by atoms with van der Waals surface area (Å²) in [4.78, 5) is 4.48. The van der Waals surface area contributed by atoms with E-state index >= 15 is 0 Å². The van der Waals surface area contributed by atoms with E-state index in [2.05, 4.69) is 18.0 Å². The molecule has 0 radical (unpaired) electrons. The summed E-state index contributed by atoms with van der Waals surface area (Å²) in [5, 5.41) is 0. The largest absolute Gasteiger partial charge is 0.439 e. The average Bonchev–Trinajstić information content (AvgIpc) is 2.73. The van der Waals surface area contributed by atoms with Gasteiger partial charge in [0.1, 0.15) is 5.52 Å². The van der Waals surface area contributed by atoms with Crippen LogP contribution in [0.1, 0.15) is 35.9 Å². The highest BCUT2D eigenvalue weighted by Gasteiger charge is 2.15. The van der Waals surface area contributed by atoms with Crippen LogP contribution in [-0.4, -0.2) is 18.7 Å². The third-order valence-corrected chi connectivity index (χ3v) is 3.02. The molecule has 0 aliphatic carbocycles. The summed E-state index contributed by atoms with van der Waals surface area (Å²) in [5.41, 5.74) is 10.1. The molecule has 0 aliphatic heterocycles. The molecule has 1 atom stereocenters. The van der Waals surface area contributed by atoms with E-state index in [-0.39, 0.29) is 6.04 Å². The lowest BCUT2D eigenvalue weighted by Crippen LogP contribution is -2.11. The molecule has 0 bridgehead atoms. The molecule has 0 saturated carbocycles. The number of nitrogens with zero attached hydrogens (tertiary/aromatic N) is 1. The summed E-state index contributed by atoms with van der Waals surface area (Å²) in [7, 11) is 1.69. The first-order valence-electron chi connectivity index (χ1n) is 6.24. The molecule has 2 N–H and O–H groups in total. The summed E-state index contributed by atoms with van der Waals surface area (Å²) in [5.74, 6) is 0.620. The van der Waals surface area contributed by atoms with E-state index in [0.29, 0.717) is 12.5 Å². The molecule has 0 spiro atoms. The van der Waals surface area contributed by atoms with Gasteiger partial charge in [-0.2, -0.15) is 0 Å². The van der Waals surface area contributed by atoms with Crippen molar-refractivity contribution in [1.82, 2.24) is 4.98 Å². The number of aryl methyl sites for hydroxylation is 2. The van der Waals surface area contributed by atoms with Crippen LogP contribution < -0.4 is 5.73 Å². The number of nitrogens with two attached hydrogens (primary N) is 1. The first-order valence-corrected chi connectivity index (χ1v) is 6.24. The minimum Gasteiger partial charge on any atom is -0.439 e. The number of rotatable bonds is 5. The molecule has 2 aromatic rings. The second kappa shape index (κ2) is 5.50. The molecule has 1 heterocycles. The maximum atomic E-state index is 6.08. The highest BCUT2D eigenvalue weighted by atomic mass is 16.5. The van der Waals surface area contributed by atoms with Crippen molar-refractivity contribution < 1.29 is 9.15 Å². The monoisotopic (exact) mass is 248 g/mol. The van der Waals surface area contributed by atoms with Gasteiger partial charge in [-0.1, -0.05) is 6.07 Å². The molecule has 1 aromatic carbocycles. The summed E-state index contributed by atoms with van der Waals surface area (Å²) in [6.45, 7) is 4.80. The number of benzene rings is 1. The molecule has 1 aromatic heterocycles. The van der Waals surface area contributed by atoms with Crippen molar-refractivity contribution in [2.24, 2.45) is 5.73 Å². The van der Waals surface area contributed by atoms with Crippen molar-refractivity contribution in [3.63, 3.8) is 0 Å². The van der Waals surface area contributed by atoms with Gasteiger partial charge in [0, 0.05) is 13.7 Å². The van der Waals surface area contributed by atoms with Crippen molar-refractivity contribution in [2.45, 2.75) is 32.7 Å². The Morgan fingerprint density at radius 2 is 2.17 bits per heavy atom. The lowest BCUT2D eigenvalue weighted by molar-refractivity contribution is 0.189. The zero-order valence-electron chi connectivity index (χ0n) is 11.2. The highest BCUT2D eigenvalue weighted by molar-refractivity contribution is 5.77. The van der Waals surface area contributed by atoms with Gasteiger partial charge >= 0.3 is 0 Å². The van der Waals surface area contributed by atoms with Crippen molar-refractivity contribution in [3.05, 3.63) is 29.2 Å². The van der Waals surface area contributed by atoms with Gasteiger partial charge < -0.3 is 14.9 Å². The first kappa shape index (κ1) is 13.1. The molecule has 2 rings (SSSR count). The zero-order chi connectivity index (χ0) is 13.1. The molecule has 4 heteroatoms. The summed E-state index contributed by atoms with van der Waals surface area (Å²) >= 11 is 0. The predicted octanol–water partition coefficient (Wildman–Crippen LogP) is 2.87. The number of fused-ring (bicyclic) bond motifs is 1. The van der Waals surface area contributed by atoms with Crippen LogP contribution in [0.2, 0.25) is 0 Å². The maximum Gasteiger partial charge on any atom is 0.212 e. The molecule has 0 fully saturated rings. The molecule has 0 saturated heterocycles. The van der Waals surface area contributed by atoms with Crippen LogP contribution >= 0.6 is 0 Å². The summed E-state index contributed by atoms with van der Waals surface area (Å²) < 4.78 is 10.8. The van der Waals surface area contributed by atoms with Crippen molar-refractivity contribution in [2.75, 3.05) is 13.7 Å². The van der Waals surface area contributed by atoms with Gasteiger partial charge in [0.05, 0.1) is 6.04 Å². The van der Waals surface area contributed by atoms with Crippen LogP contribution in [0.3, 0.4) is 0 Å². The lowest BCUT2D eigenvalue weighted by Gasteiger charge is -2.05. The topological polar surface area (TPSA) is 61.3 Å². The summed E-state index contributed by atoms with van der Waals surface area (Å²) in [6.07, 6.45) is 1.73. The lowest BCUT2D eigenvalue weighted by atomic mass is 10.1. The molecular formula is C14H20N2O2. The number of hydrogen-bond acceptors (Lipinski definition) is 4. The van der Waals surface area contributed by atoms with Crippen molar-refractivity contribution in [1.29, 1.82) is 0 Å². The Labute approximate surface area is 107 Å². The second-order valence-corrected chi connectivity index (χ2v) is 4.72. The normalized spacial score (nSPS) is 13.1.